The van der Waals surface area contributed by atoms with Crippen LogP contribution in [0.1, 0.15) is 21.5 Å². The van der Waals surface area contributed by atoms with Crippen LogP contribution in [-0.2, 0) is 11.3 Å². The lowest BCUT2D eigenvalue weighted by Crippen LogP contribution is -2.19. The fourth-order valence-electron chi connectivity index (χ4n) is 2.64. The standard InChI is InChI=1S/C19H19ClN2O2S/c1-12-4-6-14(7-5-12)18(23)21-19-22(10-11-24-3)17-13(2)15(20)8-9-16(17)25-19/h4-9H,10-11H2,1-3H3. The van der Waals surface area contributed by atoms with Crippen molar-refractivity contribution in [3.8, 4) is 0 Å². The number of fused-ring (bicyclic) bond motifs is 1. The zero-order valence-electron chi connectivity index (χ0n) is 14.4. The Morgan fingerprint density at radius 3 is 2.60 bits per heavy atom. The highest BCUT2D eigenvalue weighted by Gasteiger charge is 2.12. The number of thiazole rings is 1. The minimum absolute atomic E-state index is 0.249. The molecule has 1 aromatic heterocycles. The zero-order chi connectivity index (χ0) is 18.0. The van der Waals surface area contributed by atoms with Gasteiger partial charge in [0.15, 0.2) is 4.80 Å². The SMILES string of the molecule is COCCn1c(=NC(=O)c2ccc(C)cc2)sc2ccc(Cl)c(C)c21. The third-order valence-corrected chi connectivity index (χ3v) is 5.50. The van der Waals surface area contributed by atoms with Crippen molar-refractivity contribution in [3.05, 3.63) is 62.9 Å². The average Bonchev–Trinajstić information content (AvgIpc) is 2.94. The highest BCUT2D eigenvalue weighted by atomic mass is 35.5. The second-order valence-corrected chi connectivity index (χ2v) is 7.25. The van der Waals surface area contributed by atoms with Gasteiger partial charge in [-0.3, -0.25) is 4.79 Å². The smallest absolute Gasteiger partial charge is 0.279 e. The number of carbonyl (C=O) groups is 1. The lowest BCUT2D eigenvalue weighted by Gasteiger charge is -2.07. The lowest BCUT2D eigenvalue weighted by molar-refractivity contribution is 0.0997. The molecule has 0 fully saturated rings. The Labute approximate surface area is 155 Å². The summed E-state index contributed by atoms with van der Waals surface area (Å²) < 4.78 is 8.28. The second kappa shape index (κ2) is 7.52. The van der Waals surface area contributed by atoms with E-state index in [1.165, 1.54) is 11.3 Å². The maximum Gasteiger partial charge on any atom is 0.279 e. The molecule has 0 bridgehead atoms. The predicted molar refractivity (Wildman–Crippen MR) is 103 cm³/mol. The fourth-order valence-corrected chi connectivity index (χ4v) is 3.90. The molecule has 0 atom stereocenters. The molecule has 25 heavy (non-hydrogen) atoms. The lowest BCUT2D eigenvalue weighted by atomic mass is 10.1. The Bertz CT molecular complexity index is 987. The molecular weight excluding hydrogens is 356 g/mol. The number of hydrogen-bond donors (Lipinski definition) is 0. The van der Waals surface area contributed by atoms with Crippen molar-refractivity contribution in [2.75, 3.05) is 13.7 Å². The van der Waals surface area contributed by atoms with Gasteiger partial charge >= 0.3 is 0 Å². The molecule has 0 unspecified atom stereocenters. The highest BCUT2D eigenvalue weighted by Crippen LogP contribution is 2.27. The second-order valence-electron chi connectivity index (χ2n) is 5.83. The summed E-state index contributed by atoms with van der Waals surface area (Å²) in [7, 11) is 1.66. The van der Waals surface area contributed by atoms with Crippen molar-refractivity contribution in [2.45, 2.75) is 20.4 Å². The number of benzene rings is 2. The topological polar surface area (TPSA) is 43.6 Å². The number of aromatic nitrogens is 1. The predicted octanol–water partition coefficient (Wildman–Crippen LogP) is 4.36. The molecule has 0 N–H and O–H groups in total. The van der Waals surface area contributed by atoms with Gasteiger partial charge < -0.3 is 9.30 Å². The van der Waals surface area contributed by atoms with Crippen molar-refractivity contribution < 1.29 is 9.53 Å². The van der Waals surface area contributed by atoms with E-state index >= 15 is 0 Å². The van der Waals surface area contributed by atoms with Gasteiger partial charge in [-0.15, -0.1) is 0 Å². The summed E-state index contributed by atoms with van der Waals surface area (Å²) in [5.41, 5.74) is 3.68. The minimum Gasteiger partial charge on any atom is -0.383 e. The molecule has 130 valence electrons. The summed E-state index contributed by atoms with van der Waals surface area (Å²) in [6.45, 7) is 5.11. The summed E-state index contributed by atoms with van der Waals surface area (Å²) in [6.07, 6.45) is 0. The highest BCUT2D eigenvalue weighted by molar-refractivity contribution is 7.16. The van der Waals surface area contributed by atoms with Gasteiger partial charge in [-0.25, -0.2) is 0 Å². The first kappa shape index (κ1) is 17.9. The van der Waals surface area contributed by atoms with Gasteiger partial charge in [0, 0.05) is 24.2 Å². The molecular formula is C19H19ClN2O2S. The zero-order valence-corrected chi connectivity index (χ0v) is 15.9. The molecule has 1 heterocycles. The molecule has 0 spiro atoms. The van der Waals surface area contributed by atoms with Crippen LogP contribution in [-0.4, -0.2) is 24.2 Å². The number of ether oxygens (including phenoxy) is 1. The van der Waals surface area contributed by atoms with Crippen molar-refractivity contribution in [2.24, 2.45) is 4.99 Å². The number of halogens is 1. The summed E-state index contributed by atoms with van der Waals surface area (Å²) in [6, 6.07) is 11.3. The first-order valence-corrected chi connectivity index (χ1v) is 9.14. The van der Waals surface area contributed by atoms with Crippen LogP contribution in [0.25, 0.3) is 10.2 Å². The van der Waals surface area contributed by atoms with Crippen LogP contribution >= 0.6 is 22.9 Å². The molecule has 3 aromatic rings. The van der Waals surface area contributed by atoms with Crippen LogP contribution in [0.3, 0.4) is 0 Å². The van der Waals surface area contributed by atoms with E-state index < -0.39 is 0 Å². The summed E-state index contributed by atoms with van der Waals surface area (Å²) in [5.74, 6) is -0.249. The summed E-state index contributed by atoms with van der Waals surface area (Å²) in [4.78, 5) is 17.6. The Hall–Kier alpha value is -1.95. The van der Waals surface area contributed by atoms with Crippen LogP contribution in [0.2, 0.25) is 5.02 Å². The van der Waals surface area contributed by atoms with Gasteiger partial charge in [-0.1, -0.05) is 40.6 Å². The Morgan fingerprint density at radius 1 is 1.20 bits per heavy atom. The number of carbonyl (C=O) groups excluding carboxylic acids is 1. The molecule has 6 heteroatoms. The van der Waals surface area contributed by atoms with Crippen molar-refractivity contribution in [1.29, 1.82) is 0 Å². The molecule has 4 nitrogen and oxygen atoms in total. The fraction of sp³-hybridized carbons (Fsp3) is 0.263. The molecule has 0 aliphatic carbocycles. The third kappa shape index (κ3) is 3.68. The molecule has 0 saturated heterocycles. The Kier molecular flexibility index (Phi) is 5.37. The molecule has 0 aliphatic heterocycles. The number of rotatable bonds is 4. The molecule has 1 amide bonds. The normalized spacial score (nSPS) is 12.1. The van der Waals surface area contributed by atoms with E-state index in [4.69, 9.17) is 16.3 Å². The van der Waals surface area contributed by atoms with E-state index in [1.807, 2.05) is 42.7 Å². The number of hydrogen-bond acceptors (Lipinski definition) is 3. The van der Waals surface area contributed by atoms with Crippen LogP contribution < -0.4 is 4.80 Å². The van der Waals surface area contributed by atoms with Gasteiger partial charge in [0.25, 0.3) is 5.91 Å². The Balaban J connectivity index is 2.15. The summed E-state index contributed by atoms with van der Waals surface area (Å²) >= 11 is 7.77. The first-order valence-electron chi connectivity index (χ1n) is 7.94. The number of methoxy groups -OCH3 is 1. The maximum atomic E-state index is 12.5. The van der Waals surface area contributed by atoms with Gasteiger partial charge in [0.1, 0.15) is 0 Å². The number of aryl methyl sites for hydroxylation is 2. The van der Waals surface area contributed by atoms with Gasteiger partial charge in [-0.05, 0) is 43.7 Å². The van der Waals surface area contributed by atoms with Crippen molar-refractivity contribution in [3.63, 3.8) is 0 Å². The largest absolute Gasteiger partial charge is 0.383 e. The van der Waals surface area contributed by atoms with Crippen LogP contribution in [0.4, 0.5) is 0 Å². The van der Waals surface area contributed by atoms with E-state index in [0.717, 1.165) is 21.3 Å². The Morgan fingerprint density at radius 2 is 1.92 bits per heavy atom. The maximum absolute atomic E-state index is 12.5. The van der Waals surface area contributed by atoms with E-state index in [2.05, 4.69) is 4.99 Å². The quantitative estimate of drug-likeness (QED) is 0.681. The molecule has 2 aromatic carbocycles. The monoisotopic (exact) mass is 374 g/mol. The summed E-state index contributed by atoms with van der Waals surface area (Å²) in [5, 5.41) is 0.702. The van der Waals surface area contributed by atoms with Crippen LogP contribution in [0, 0.1) is 13.8 Å². The van der Waals surface area contributed by atoms with Gasteiger partial charge in [-0.2, -0.15) is 4.99 Å². The number of amides is 1. The van der Waals surface area contributed by atoms with E-state index in [9.17, 15) is 4.79 Å². The molecule has 3 rings (SSSR count). The average molecular weight is 375 g/mol. The van der Waals surface area contributed by atoms with Crippen molar-refractivity contribution in [1.82, 2.24) is 4.57 Å². The van der Waals surface area contributed by atoms with E-state index in [-0.39, 0.29) is 5.91 Å². The first-order chi connectivity index (χ1) is 12.0. The van der Waals surface area contributed by atoms with Crippen molar-refractivity contribution >= 4 is 39.1 Å². The third-order valence-electron chi connectivity index (χ3n) is 4.04. The number of nitrogens with zero attached hydrogens (tertiary/aromatic N) is 2. The minimum atomic E-state index is -0.249. The molecule has 0 radical (unpaired) electrons. The van der Waals surface area contributed by atoms with Crippen LogP contribution in [0.15, 0.2) is 41.4 Å². The van der Waals surface area contributed by atoms with E-state index in [0.29, 0.717) is 28.5 Å². The molecule has 0 aliphatic rings. The van der Waals surface area contributed by atoms with Crippen LogP contribution in [0.5, 0.6) is 0 Å². The van der Waals surface area contributed by atoms with E-state index in [1.54, 1.807) is 19.2 Å². The van der Waals surface area contributed by atoms with Gasteiger partial charge in [0.05, 0.1) is 16.8 Å². The van der Waals surface area contributed by atoms with Gasteiger partial charge in [0.2, 0.25) is 0 Å². The molecule has 0 saturated carbocycles.